The van der Waals surface area contributed by atoms with E-state index in [0.717, 1.165) is 60.9 Å². The Hall–Kier alpha value is -3.47. The van der Waals surface area contributed by atoms with Crippen LogP contribution in [0.5, 0.6) is 0 Å². The van der Waals surface area contributed by atoms with Gasteiger partial charge >= 0.3 is 0 Å². The fraction of sp³-hybridized carbons (Fsp3) is 0.381. The van der Waals surface area contributed by atoms with Crippen LogP contribution in [0.3, 0.4) is 0 Å². The van der Waals surface area contributed by atoms with Crippen LogP contribution < -0.4 is 10.6 Å². The lowest BCUT2D eigenvalue weighted by Gasteiger charge is -2.28. The summed E-state index contributed by atoms with van der Waals surface area (Å²) in [6.45, 7) is 5.77. The average molecular weight is 386 g/mol. The lowest BCUT2D eigenvalue weighted by atomic mass is 9.83. The maximum Gasteiger partial charge on any atom is 0.179 e. The summed E-state index contributed by atoms with van der Waals surface area (Å²) in [6, 6.07) is 5.81. The van der Waals surface area contributed by atoms with Crippen molar-refractivity contribution >= 4 is 17.3 Å². The van der Waals surface area contributed by atoms with E-state index in [1.807, 2.05) is 13.0 Å². The molecular formula is C21H22N8. The van der Waals surface area contributed by atoms with Gasteiger partial charge in [0.2, 0.25) is 0 Å². The summed E-state index contributed by atoms with van der Waals surface area (Å²) in [5.74, 6) is 2.62. The number of fused-ring (bicyclic) bond motifs is 3. The molecule has 0 spiro atoms. The fourth-order valence-corrected chi connectivity index (χ4v) is 5.10. The van der Waals surface area contributed by atoms with E-state index in [2.05, 4.69) is 47.8 Å². The summed E-state index contributed by atoms with van der Waals surface area (Å²) >= 11 is 0. The van der Waals surface area contributed by atoms with Crippen LogP contribution in [0.15, 0.2) is 37.3 Å². The second-order valence-electron chi connectivity index (χ2n) is 8.16. The minimum absolute atomic E-state index is 0.00340. The Balaban J connectivity index is 1.48. The zero-order chi connectivity index (χ0) is 20.1. The van der Waals surface area contributed by atoms with Gasteiger partial charge in [-0.15, -0.1) is 10.2 Å². The molecule has 8 heteroatoms. The number of rotatable bonds is 5. The SMILES string of the molecule is C=CNc1ncc2nnc([C@]34CC[C@](Nc5ccc(C#N)cn5)(CC3)C4)n2c1C. The predicted molar refractivity (Wildman–Crippen MR) is 109 cm³/mol. The van der Waals surface area contributed by atoms with Crippen LogP contribution in [0, 0.1) is 18.3 Å². The number of hydrogen-bond acceptors (Lipinski definition) is 7. The Morgan fingerprint density at radius 3 is 2.69 bits per heavy atom. The molecular weight excluding hydrogens is 364 g/mol. The van der Waals surface area contributed by atoms with Crippen LogP contribution in [-0.2, 0) is 5.41 Å². The van der Waals surface area contributed by atoms with Gasteiger partial charge in [-0.25, -0.2) is 9.97 Å². The number of nitrogens with one attached hydrogen (secondary N) is 2. The number of anilines is 2. The third-order valence-electron chi connectivity index (χ3n) is 6.52. The Morgan fingerprint density at radius 1 is 1.17 bits per heavy atom. The van der Waals surface area contributed by atoms with E-state index >= 15 is 0 Å². The molecule has 0 amide bonds. The number of pyridine rings is 1. The zero-order valence-corrected chi connectivity index (χ0v) is 16.3. The van der Waals surface area contributed by atoms with Crippen molar-refractivity contribution in [2.24, 2.45) is 0 Å². The lowest BCUT2D eigenvalue weighted by molar-refractivity contribution is 0.388. The minimum Gasteiger partial charge on any atom is -0.365 e. The highest BCUT2D eigenvalue weighted by molar-refractivity contribution is 5.51. The fourth-order valence-electron chi connectivity index (χ4n) is 5.10. The molecule has 2 saturated carbocycles. The molecule has 2 aliphatic rings. The first-order valence-electron chi connectivity index (χ1n) is 9.81. The second kappa shape index (κ2) is 6.27. The average Bonchev–Trinajstić information content (AvgIpc) is 3.43. The van der Waals surface area contributed by atoms with Gasteiger partial charge in [0, 0.05) is 17.2 Å². The standard InChI is InChI=1S/C21H22N8/c1-3-23-18-14(2)29-17(12-25-18)27-28-19(29)20-6-8-21(13-20,9-7-20)26-16-5-4-15(10-22)11-24-16/h3-5,11-12,23H,1,6-9,13H2,2H3,(H,24,26)/t20-,21+. The molecule has 3 heterocycles. The highest BCUT2D eigenvalue weighted by Gasteiger charge is 2.57. The molecule has 0 atom stereocenters. The quantitative estimate of drug-likeness (QED) is 0.693. The smallest absolute Gasteiger partial charge is 0.179 e. The normalized spacial score (nSPS) is 25.1. The minimum atomic E-state index is -0.00340. The van der Waals surface area contributed by atoms with Crippen LogP contribution in [0.25, 0.3) is 5.65 Å². The maximum absolute atomic E-state index is 8.98. The van der Waals surface area contributed by atoms with Gasteiger partial charge in [0.25, 0.3) is 0 Å². The van der Waals surface area contributed by atoms with E-state index in [4.69, 9.17) is 5.26 Å². The number of aryl methyl sites for hydroxylation is 1. The van der Waals surface area contributed by atoms with E-state index in [9.17, 15) is 0 Å². The van der Waals surface area contributed by atoms with Gasteiger partial charge < -0.3 is 10.6 Å². The second-order valence-corrected chi connectivity index (χ2v) is 8.16. The van der Waals surface area contributed by atoms with Gasteiger partial charge in [0.15, 0.2) is 5.65 Å². The molecule has 2 aliphatic carbocycles. The third kappa shape index (κ3) is 2.65. The van der Waals surface area contributed by atoms with Crippen molar-refractivity contribution in [3.8, 4) is 6.07 Å². The first kappa shape index (κ1) is 17.6. The van der Waals surface area contributed by atoms with Crippen LogP contribution in [-0.4, -0.2) is 30.1 Å². The molecule has 0 aromatic carbocycles. The first-order chi connectivity index (χ1) is 14.1. The molecule has 5 rings (SSSR count). The molecule has 29 heavy (non-hydrogen) atoms. The van der Waals surface area contributed by atoms with Crippen LogP contribution in [0.1, 0.15) is 49.2 Å². The van der Waals surface area contributed by atoms with E-state index in [1.54, 1.807) is 24.7 Å². The monoisotopic (exact) mass is 386 g/mol. The number of nitriles is 1. The van der Waals surface area contributed by atoms with Gasteiger partial charge in [-0.2, -0.15) is 5.26 Å². The van der Waals surface area contributed by atoms with E-state index in [0.29, 0.717) is 5.56 Å². The lowest BCUT2D eigenvalue weighted by Crippen LogP contribution is -2.33. The topological polar surface area (TPSA) is 104 Å². The maximum atomic E-state index is 8.98. The Bertz CT molecular complexity index is 1130. The van der Waals surface area contributed by atoms with Gasteiger partial charge in [-0.1, -0.05) is 6.58 Å². The summed E-state index contributed by atoms with van der Waals surface area (Å²) in [7, 11) is 0. The molecule has 8 nitrogen and oxygen atoms in total. The molecule has 3 aromatic rings. The highest BCUT2D eigenvalue weighted by Crippen LogP contribution is 2.58. The van der Waals surface area contributed by atoms with Crippen LogP contribution in [0.2, 0.25) is 0 Å². The van der Waals surface area contributed by atoms with Gasteiger partial charge in [-0.05, 0) is 57.4 Å². The van der Waals surface area contributed by atoms with Gasteiger partial charge in [0.1, 0.15) is 23.5 Å². The zero-order valence-electron chi connectivity index (χ0n) is 16.3. The Morgan fingerprint density at radius 2 is 2.00 bits per heavy atom. The van der Waals surface area contributed by atoms with E-state index < -0.39 is 0 Å². The molecule has 2 fully saturated rings. The van der Waals surface area contributed by atoms with Crippen LogP contribution >= 0.6 is 0 Å². The summed E-state index contributed by atoms with van der Waals surface area (Å²) in [5.41, 5.74) is 2.34. The predicted octanol–water partition coefficient (Wildman–Crippen LogP) is 3.32. The summed E-state index contributed by atoms with van der Waals surface area (Å²) in [6.07, 6.45) is 10.2. The number of aromatic nitrogens is 5. The molecule has 0 saturated heterocycles. The summed E-state index contributed by atoms with van der Waals surface area (Å²) < 4.78 is 2.14. The number of hydrogen-bond donors (Lipinski definition) is 2. The van der Waals surface area contributed by atoms with Crippen molar-refractivity contribution in [1.29, 1.82) is 5.26 Å². The van der Waals surface area contributed by atoms with Crippen molar-refractivity contribution < 1.29 is 0 Å². The van der Waals surface area contributed by atoms with Crippen molar-refractivity contribution in [3.05, 3.63) is 54.4 Å². The highest BCUT2D eigenvalue weighted by atomic mass is 15.3. The Labute approximate surface area is 168 Å². The molecule has 0 radical (unpaired) electrons. The third-order valence-corrected chi connectivity index (χ3v) is 6.52. The molecule has 0 aliphatic heterocycles. The molecule has 2 bridgehead atoms. The van der Waals surface area contributed by atoms with Crippen molar-refractivity contribution in [2.45, 2.75) is 50.0 Å². The van der Waals surface area contributed by atoms with Crippen molar-refractivity contribution in [1.82, 2.24) is 24.6 Å². The summed E-state index contributed by atoms with van der Waals surface area (Å²) in [5, 5.41) is 24.7. The van der Waals surface area contributed by atoms with E-state index in [-0.39, 0.29) is 11.0 Å². The Kier molecular flexibility index (Phi) is 3.81. The van der Waals surface area contributed by atoms with Gasteiger partial charge in [0.05, 0.1) is 17.5 Å². The number of nitrogens with zero attached hydrogens (tertiary/aromatic N) is 6. The van der Waals surface area contributed by atoms with Gasteiger partial charge in [-0.3, -0.25) is 4.40 Å². The molecule has 0 unspecified atom stereocenters. The molecule has 146 valence electrons. The molecule has 3 aromatic heterocycles. The van der Waals surface area contributed by atoms with E-state index in [1.165, 1.54) is 0 Å². The summed E-state index contributed by atoms with van der Waals surface area (Å²) in [4.78, 5) is 8.84. The molecule has 2 N–H and O–H groups in total. The largest absolute Gasteiger partial charge is 0.365 e. The van der Waals surface area contributed by atoms with Crippen molar-refractivity contribution in [3.63, 3.8) is 0 Å². The van der Waals surface area contributed by atoms with Crippen molar-refractivity contribution in [2.75, 3.05) is 10.6 Å². The van der Waals surface area contributed by atoms with Crippen LogP contribution in [0.4, 0.5) is 11.6 Å². The first-order valence-corrected chi connectivity index (χ1v) is 9.81.